The Morgan fingerprint density at radius 3 is 2.73 bits per heavy atom. The Kier molecular flexibility index (Phi) is 5.86. The van der Waals surface area contributed by atoms with Gasteiger partial charge in [0.15, 0.2) is 0 Å². The molecule has 0 aromatic rings. The average Bonchev–Trinajstić information content (AvgIpc) is 2.01. The summed E-state index contributed by atoms with van der Waals surface area (Å²) >= 11 is 0. The lowest BCUT2D eigenvalue weighted by molar-refractivity contribution is 0.341. The van der Waals surface area contributed by atoms with Crippen LogP contribution >= 0.6 is 0 Å². The molecule has 0 aromatic heterocycles. The molecule has 11 heavy (non-hydrogen) atoms. The van der Waals surface area contributed by atoms with Gasteiger partial charge in [-0.25, -0.2) is 0 Å². The van der Waals surface area contributed by atoms with Crippen LogP contribution in [0.5, 0.6) is 0 Å². The van der Waals surface area contributed by atoms with Gasteiger partial charge in [0.05, 0.1) is 6.61 Å². The molecule has 0 aromatic carbocycles. The predicted molar refractivity (Wildman–Crippen MR) is 49.4 cm³/mol. The van der Waals surface area contributed by atoms with Crippen LogP contribution in [0.4, 0.5) is 0 Å². The van der Waals surface area contributed by atoms with Gasteiger partial charge in [0.2, 0.25) is 0 Å². The van der Waals surface area contributed by atoms with Crippen LogP contribution in [0.15, 0.2) is 24.3 Å². The number of hydrogen-bond acceptors (Lipinski definition) is 1. The molecule has 0 radical (unpaired) electrons. The molecule has 1 unspecified atom stereocenters. The first-order valence-electron chi connectivity index (χ1n) is 4.09. The van der Waals surface area contributed by atoms with Crippen molar-refractivity contribution in [2.45, 2.75) is 26.7 Å². The Morgan fingerprint density at radius 1 is 1.64 bits per heavy atom. The van der Waals surface area contributed by atoms with Crippen molar-refractivity contribution in [3.05, 3.63) is 24.3 Å². The van der Waals surface area contributed by atoms with Crippen LogP contribution in [0.2, 0.25) is 0 Å². The fourth-order valence-corrected chi connectivity index (χ4v) is 0.831. The van der Waals surface area contributed by atoms with Gasteiger partial charge in [0.1, 0.15) is 0 Å². The minimum absolute atomic E-state index is 0.161. The Labute approximate surface area is 69.4 Å². The van der Waals surface area contributed by atoms with Crippen LogP contribution in [-0.2, 0) is 0 Å². The van der Waals surface area contributed by atoms with Crippen molar-refractivity contribution < 1.29 is 5.11 Å². The highest BCUT2D eigenvalue weighted by molar-refractivity contribution is 4.98. The Bertz CT molecular complexity index is 136. The summed E-state index contributed by atoms with van der Waals surface area (Å²) in [5.41, 5.74) is 1.27. The lowest BCUT2D eigenvalue weighted by Gasteiger charge is -2.04. The summed E-state index contributed by atoms with van der Waals surface area (Å²) in [5, 5.41) is 8.56. The molecule has 0 amide bonds. The van der Waals surface area contributed by atoms with Crippen LogP contribution < -0.4 is 0 Å². The minimum atomic E-state index is 0.161. The third-order valence-electron chi connectivity index (χ3n) is 1.84. The molecule has 0 aliphatic heterocycles. The van der Waals surface area contributed by atoms with Gasteiger partial charge in [-0.3, -0.25) is 0 Å². The third kappa shape index (κ3) is 5.86. The highest BCUT2D eigenvalue weighted by Crippen LogP contribution is 2.11. The molecular formula is C10H18O. The van der Waals surface area contributed by atoms with E-state index in [1.54, 1.807) is 0 Å². The standard InChI is InChI=1S/C10H18O/c1-4-9(2)5-6-10(3)7-8-11/h4,7,9,11H,1,5-6,8H2,2-3H3. The molecule has 0 heterocycles. The molecule has 1 atom stereocenters. The third-order valence-corrected chi connectivity index (χ3v) is 1.84. The highest BCUT2D eigenvalue weighted by atomic mass is 16.2. The first kappa shape index (κ1) is 10.4. The smallest absolute Gasteiger partial charge is 0.0614 e. The van der Waals surface area contributed by atoms with Gasteiger partial charge in [-0.15, -0.1) is 6.58 Å². The average molecular weight is 154 g/mol. The Hall–Kier alpha value is -0.560. The summed E-state index contributed by atoms with van der Waals surface area (Å²) in [6.45, 7) is 8.08. The largest absolute Gasteiger partial charge is 0.392 e. The van der Waals surface area contributed by atoms with Crippen molar-refractivity contribution in [3.63, 3.8) is 0 Å². The fourth-order valence-electron chi connectivity index (χ4n) is 0.831. The molecule has 1 heteroatoms. The number of hydrogen-bond donors (Lipinski definition) is 1. The Balaban J connectivity index is 3.52. The van der Waals surface area contributed by atoms with E-state index in [2.05, 4.69) is 13.5 Å². The summed E-state index contributed by atoms with van der Waals surface area (Å²) < 4.78 is 0. The van der Waals surface area contributed by atoms with Crippen molar-refractivity contribution in [1.82, 2.24) is 0 Å². The zero-order valence-corrected chi connectivity index (χ0v) is 7.51. The van der Waals surface area contributed by atoms with E-state index >= 15 is 0 Å². The Morgan fingerprint density at radius 2 is 2.27 bits per heavy atom. The molecule has 0 fully saturated rings. The summed E-state index contributed by atoms with van der Waals surface area (Å²) in [5.74, 6) is 0.581. The van der Waals surface area contributed by atoms with E-state index in [0.29, 0.717) is 5.92 Å². The van der Waals surface area contributed by atoms with Gasteiger partial charge in [0.25, 0.3) is 0 Å². The lowest BCUT2D eigenvalue weighted by atomic mass is 10.0. The molecule has 0 rings (SSSR count). The molecule has 1 nitrogen and oxygen atoms in total. The van der Waals surface area contributed by atoms with E-state index < -0.39 is 0 Å². The monoisotopic (exact) mass is 154 g/mol. The first-order valence-corrected chi connectivity index (χ1v) is 4.09. The summed E-state index contributed by atoms with van der Waals surface area (Å²) in [4.78, 5) is 0. The van der Waals surface area contributed by atoms with Crippen LogP contribution in [0.1, 0.15) is 26.7 Å². The highest BCUT2D eigenvalue weighted by Gasteiger charge is 1.95. The molecule has 0 aliphatic rings. The van der Waals surface area contributed by atoms with Gasteiger partial charge < -0.3 is 5.11 Å². The topological polar surface area (TPSA) is 20.2 Å². The number of aliphatic hydroxyl groups excluding tert-OH is 1. The van der Waals surface area contributed by atoms with E-state index in [9.17, 15) is 0 Å². The quantitative estimate of drug-likeness (QED) is 0.603. The second kappa shape index (κ2) is 6.17. The molecular weight excluding hydrogens is 136 g/mol. The predicted octanol–water partition coefficient (Wildman–Crippen LogP) is 2.53. The normalized spacial score (nSPS) is 14.6. The lowest BCUT2D eigenvalue weighted by Crippen LogP contribution is -1.90. The van der Waals surface area contributed by atoms with Gasteiger partial charge in [-0.2, -0.15) is 0 Å². The van der Waals surface area contributed by atoms with Crippen molar-refractivity contribution in [2.24, 2.45) is 5.92 Å². The SMILES string of the molecule is C=CC(C)CCC(C)=CCO. The van der Waals surface area contributed by atoms with Gasteiger partial charge in [-0.1, -0.05) is 24.6 Å². The molecule has 0 spiro atoms. The summed E-state index contributed by atoms with van der Waals surface area (Å²) in [6.07, 6.45) is 6.02. The molecule has 0 saturated heterocycles. The zero-order valence-electron chi connectivity index (χ0n) is 7.51. The maximum absolute atomic E-state index is 8.56. The second-order valence-electron chi connectivity index (χ2n) is 2.98. The number of aliphatic hydroxyl groups is 1. The minimum Gasteiger partial charge on any atom is -0.392 e. The maximum Gasteiger partial charge on any atom is 0.0614 e. The van der Waals surface area contributed by atoms with E-state index in [0.717, 1.165) is 12.8 Å². The fraction of sp³-hybridized carbons (Fsp3) is 0.600. The summed E-state index contributed by atoms with van der Waals surface area (Å²) in [6, 6.07) is 0. The van der Waals surface area contributed by atoms with Gasteiger partial charge in [0, 0.05) is 0 Å². The van der Waals surface area contributed by atoms with Gasteiger partial charge in [-0.05, 0) is 25.7 Å². The van der Waals surface area contributed by atoms with Crippen LogP contribution in [0.3, 0.4) is 0 Å². The molecule has 0 saturated carbocycles. The van der Waals surface area contributed by atoms with Gasteiger partial charge >= 0.3 is 0 Å². The maximum atomic E-state index is 8.56. The van der Waals surface area contributed by atoms with Crippen molar-refractivity contribution >= 4 is 0 Å². The zero-order chi connectivity index (χ0) is 8.69. The second-order valence-corrected chi connectivity index (χ2v) is 2.98. The first-order chi connectivity index (χ1) is 5.20. The van der Waals surface area contributed by atoms with Crippen LogP contribution in [0, 0.1) is 5.92 Å². The number of allylic oxidation sites excluding steroid dienone is 2. The molecule has 0 aliphatic carbocycles. The van der Waals surface area contributed by atoms with Crippen molar-refractivity contribution in [3.8, 4) is 0 Å². The summed E-state index contributed by atoms with van der Waals surface area (Å²) in [7, 11) is 0. The number of rotatable bonds is 5. The van der Waals surface area contributed by atoms with Crippen molar-refractivity contribution in [1.29, 1.82) is 0 Å². The molecule has 0 bridgehead atoms. The van der Waals surface area contributed by atoms with Crippen LogP contribution in [0.25, 0.3) is 0 Å². The molecule has 64 valence electrons. The van der Waals surface area contributed by atoms with E-state index in [-0.39, 0.29) is 6.61 Å². The van der Waals surface area contributed by atoms with E-state index in [1.165, 1.54) is 5.57 Å². The van der Waals surface area contributed by atoms with Crippen LogP contribution in [-0.4, -0.2) is 11.7 Å². The van der Waals surface area contributed by atoms with Crippen molar-refractivity contribution in [2.75, 3.05) is 6.61 Å². The van der Waals surface area contributed by atoms with E-state index in [1.807, 2.05) is 19.1 Å². The van der Waals surface area contributed by atoms with E-state index in [4.69, 9.17) is 5.11 Å². The molecule has 1 N–H and O–H groups in total.